The van der Waals surface area contributed by atoms with Crippen molar-refractivity contribution in [3.63, 3.8) is 0 Å². The second kappa shape index (κ2) is 4.47. The molecule has 4 nitrogen and oxygen atoms in total. The minimum absolute atomic E-state index is 0.142. The van der Waals surface area contributed by atoms with E-state index < -0.39 is 0 Å². The molecule has 0 spiro atoms. The van der Waals surface area contributed by atoms with Crippen LogP contribution in [0.4, 0.5) is 0 Å². The van der Waals surface area contributed by atoms with Crippen LogP contribution in [0.15, 0.2) is 24.3 Å². The SMILES string of the molecule is COCNC(=O)c1ccc(O)cc1. The van der Waals surface area contributed by atoms with Crippen LogP contribution in [0.5, 0.6) is 5.75 Å². The van der Waals surface area contributed by atoms with Gasteiger partial charge in [0.2, 0.25) is 0 Å². The van der Waals surface area contributed by atoms with Gasteiger partial charge in [0, 0.05) is 12.7 Å². The van der Waals surface area contributed by atoms with Gasteiger partial charge in [0.05, 0.1) is 0 Å². The molecule has 0 saturated heterocycles. The maximum atomic E-state index is 11.2. The van der Waals surface area contributed by atoms with Crippen LogP contribution in [-0.2, 0) is 4.74 Å². The lowest BCUT2D eigenvalue weighted by atomic mass is 10.2. The number of hydrogen-bond donors (Lipinski definition) is 2. The third-order valence-corrected chi connectivity index (χ3v) is 1.51. The van der Waals surface area contributed by atoms with Crippen molar-refractivity contribution in [1.29, 1.82) is 0 Å². The van der Waals surface area contributed by atoms with Crippen LogP contribution < -0.4 is 5.32 Å². The number of hydrogen-bond acceptors (Lipinski definition) is 3. The zero-order chi connectivity index (χ0) is 9.68. The first-order chi connectivity index (χ1) is 6.24. The fourth-order valence-corrected chi connectivity index (χ4v) is 0.853. The van der Waals surface area contributed by atoms with E-state index in [1.54, 1.807) is 12.1 Å². The molecule has 0 radical (unpaired) electrons. The summed E-state index contributed by atoms with van der Waals surface area (Å²) in [5.41, 5.74) is 0.495. The predicted molar refractivity (Wildman–Crippen MR) is 47.4 cm³/mol. The van der Waals surface area contributed by atoms with Crippen LogP contribution >= 0.6 is 0 Å². The Morgan fingerprint density at radius 2 is 2.08 bits per heavy atom. The van der Waals surface area contributed by atoms with Crippen molar-refractivity contribution in [2.45, 2.75) is 0 Å². The van der Waals surface area contributed by atoms with Gasteiger partial charge in [-0.1, -0.05) is 0 Å². The third-order valence-electron chi connectivity index (χ3n) is 1.51. The highest BCUT2D eigenvalue weighted by Crippen LogP contribution is 2.08. The summed E-state index contributed by atoms with van der Waals surface area (Å²) in [5, 5.41) is 11.5. The molecule has 0 aromatic heterocycles. The zero-order valence-electron chi connectivity index (χ0n) is 7.28. The molecule has 1 aromatic rings. The molecule has 1 aromatic carbocycles. The van der Waals surface area contributed by atoms with Crippen LogP contribution in [0.2, 0.25) is 0 Å². The number of phenolic OH excluding ortho intramolecular Hbond substituents is 1. The van der Waals surface area contributed by atoms with Gasteiger partial charge in [-0.2, -0.15) is 0 Å². The number of nitrogens with one attached hydrogen (secondary N) is 1. The van der Waals surface area contributed by atoms with Crippen LogP contribution in [0.1, 0.15) is 10.4 Å². The average molecular weight is 181 g/mol. The molecule has 13 heavy (non-hydrogen) atoms. The average Bonchev–Trinajstić information content (AvgIpc) is 2.15. The van der Waals surface area contributed by atoms with Crippen LogP contribution in [0.3, 0.4) is 0 Å². The maximum Gasteiger partial charge on any atom is 0.253 e. The lowest BCUT2D eigenvalue weighted by molar-refractivity contribution is 0.0872. The van der Waals surface area contributed by atoms with E-state index in [9.17, 15) is 4.79 Å². The molecule has 1 amide bonds. The third kappa shape index (κ3) is 2.76. The normalized spacial score (nSPS) is 9.62. The number of carbonyl (C=O) groups excluding carboxylic acids is 1. The largest absolute Gasteiger partial charge is 0.508 e. The second-order valence-corrected chi connectivity index (χ2v) is 2.49. The summed E-state index contributed by atoms with van der Waals surface area (Å²) < 4.78 is 4.68. The van der Waals surface area contributed by atoms with E-state index in [1.165, 1.54) is 19.2 Å². The highest BCUT2D eigenvalue weighted by molar-refractivity contribution is 5.94. The lowest BCUT2D eigenvalue weighted by Crippen LogP contribution is -2.25. The maximum absolute atomic E-state index is 11.2. The summed E-state index contributed by atoms with van der Waals surface area (Å²) in [5.74, 6) is -0.0786. The fourth-order valence-electron chi connectivity index (χ4n) is 0.853. The van der Waals surface area contributed by atoms with Crippen LogP contribution in [-0.4, -0.2) is 24.9 Å². The first-order valence-corrected chi connectivity index (χ1v) is 3.80. The summed E-state index contributed by atoms with van der Waals surface area (Å²) in [6, 6.07) is 6.00. The number of amides is 1. The molecule has 0 unspecified atom stereocenters. The van der Waals surface area contributed by atoms with Crippen molar-refractivity contribution in [1.82, 2.24) is 5.32 Å². The number of aromatic hydroxyl groups is 1. The Hall–Kier alpha value is -1.55. The first kappa shape index (κ1) is 9.54. The molecule has 0 aliphatic rings. The molecule has 0 saturated carbocycles. The summed E-state index contributed by atoms with van der Waals surface area (Å²) >= 11 is 0. The Morgan fingerprint density at radius 3 is 2.62 bits per heavy atom. The lowest BCUT2D eigenvalue weighted by Gasteiger charge is -2.02. The summed E-state index contributed by atoms with van der Waals surface area (Å²) in [6.45, 7) is 0.180. The van der Waals surface area contributed by atoms with Gasteiger partial charge in [0.15, 0.2) is 0 Å². The number of benzene rings is 1. The Labute approximate surface area is 76.1 Å². The summed E-state index contributed by atoms with van der Waals surface area (Å²) in [7, 11) is 1.50. The minimum atomic E-state index is -0.221. The van der Waals surface area contributed by atoms with E-state index in [-0.39, 0.29) is 18.4 Å². The Balaban J connectivity index is 2.61. The number of ether oxygens (including phenoxy) is 1. The molecule has 70 valence electrons. The van der Waals surface area contributed by atoms with Gasteiger partial charge in [-0.05, 0) is 24.3 Å². The second-order valence-electron chi connectivity index (χ2n) is 2.49. The van der Waals surface area contributed by atoms with E-state index in [1.807, 2.05) is 0 Å². The van der Waals surface area contributed by atoms with Crippen molar-refractivity contribution in [3.8, 4) is 5.75 Å². The van der Waals surface area contributed by atoms with Crippen molar-refractivity contribution in [3.05, 3.63) is 29.8 Å². The van der Waals surface area contributed by atoms with Gasteiger partial charge < -0.3 is 15.2 Å². The Kier molecular flexibility index (Phi) is 3.28. The van der Waals surface area contributed by atoms with Crippen LogP contribution in [0, 0.1) is 0 Å². The number of carbonyl (C=O) groups is 1. The molecule has 2 N–H and O–H groups in total. The standard InChI is InChI=1S/C9H11NO3/c1-13-6-10-9(12)7-2-4-8(11)5-3-7/h2-5,11H,6H2,1H3,(H,10,12). The minimum Gasteiger partial charge on any atom is -0.508 e. The van der Waals surface area contributed by atoms with E-state index >= 15 is 0 Å². The smallest absolute Gasteiger partial charge is 0.253 e. The van der Waals surface area contributed by atoms with Gasteiger partial charge in [-0.25, -0.2) is 0 Å². The van der Waals surface area contributed by atoms with E-state index in [4.69, 9.17) is 5.11 Å². The van der Waals surface area contributed by atoms with Crippen LogP contribution in [0.25, 0.3) is 0 Å². The van der Waals surface area contributed by atoms with Gasteiger partial charge in [0.25, 0.3) is 5.91 Å². The molecule has 4 heteroatoms. The Bertz CT molecular complexity index is 281. The van der Waals surface area contributed by atoms with Crippen molar-refractivity contribution < 1.29 is 14.6 Å². The molecule has 0 heterocycles. The molecule has 0 aliphatic carbocycles. The zero-order valence-corrected chi connectivity index (χ0v) is 7.28. The number of phenols is 1. The van der Waals surface area contributed by atoms with E-state index in [0.29, 0.717) is 5.56 Å². The molecule has 0 atom stereocenters. The molecular formula is C9H11NO3. The summed E-state index contributed by atoms with van der Waals surface area (Å²) in [4.78, 5) is 11.2. The van der Waals surface area contributed by atoms with Gasteiger partial charge in [-0.15, -0.1) is 0 Å². The van der Waals surface area contributed by atoms with Crippen molar-refractivity contribution in [2.75, 3.05) is 13.8 Å². The first-order valence-electron chi connectivity index (χ1n) is 3.80. The number of methoxy groups -OCH3 is 1. The van der Waals surface area contributed by atoms with Gasteiger partial charge in [-0.3, -0.25) is 4.79 Å². The summed E-state index contributed by atoms with van der Waals surface area (Å²) in [6.07, 6.45) is 0. The van der Waals surface area contributed by atoms with Gasteiger partial charge >= 0.3 is 0 Å². The highest BCUT2D eigenvalue weighted by Gasteiger charge is 2.02. The predicted octanol–water partition coefficient (Wildman–Crippen LogP) is 0.726. The molecule has 0 fully saturated rings. The fraction of sp³-hybridized carbons (Fsp3) is 0.222. The highest BCUT2D eigenvalue weighted by atomic mass is 16.5. The molecule has 0 aliphatic heterocycles. The molecular weight excluding hydrogens is 170 g/mol. The van der Waals surface area contributed by atoms with Gasteiger partial charge in [0.1, 0.15) is 12.5 Å². The van der Waals surface area contributed by atoms with Crippen molar-refractivity contribution in [2.24, 2.45) is 0 Å². The molecule has 1 rings (SSSR count). The van der Waals surface area contributed by atoms with E-state index in [2.05, 4.69) is 10.1 Å². The quantitative estimate of drug-likeness (QED) is 0.676. The Morgan fingerprint density at radius 1 is 1.46 bits per heavy atom. The topological polar surface area (TPSA) is 58.6 Å². The van der Waals surface area contributed by atoms with Crippen molar-refractivity contribution >= 4 is 5.91 Å². The van der Waals surface area contributed by atoms with E-state index in [0.717, 1.165) is 0 Å². The number of rotatable bonds is 3. The monoisotopic (exact) mass is 181 g/mol. The molecule has 0 bridgehead atoms.